The number of aromatic nitrogens is 3. The van der Waals surface area contributed by atoms with Gasteiger partial charge in [0.2, 0.25) is 0 Å². The maximum Gasteiger partial charge on any atom is 0.389 e. The Morgan fingerprint density at radius 2 is 1.97 bits per heavy atom. The second kappa shape index (κ2) is 11.6. The molecule has 0 radical (unpaired) electrons. The molecule has 35 heavy (non-hydrogen) atoms. The number of rotatable bonds is 9. The van der Waals surface area contributed by atoms with Gasteiger partial charge in [-0.25, -0.2) is 15.0 Å². The lowest BCUT2D eigenvalue weighted by atomic mass is 9.84. The largest absolute Gasteiger partial charge is 0.481 e. The summed E-state index contributed by atoms with van der Waals surface area (Å²) in [5.74, 6) is 1.63. The molecule has 0 aromatic carbocycles. The first kappa shape index (κ1) is 25.8. The van der Waals surface area contributed by atoms with Crippen LogP contribution in [0.25, 0.3) is 0 Å². The summed E-state index contributed by atoms with van der Waals surface area (Å²) in [7, 11) is 0. The molecule has 4 rings (SSSR count). The Morgan fingerprint density at radius 3 is 2.69 bits per heavy atom. The minimum atomic E-state index is -4.13. The lowest BCUT2D eigenvalue weighted by Crippen LogP contribution is -2.40. The van der Waals surface area contributed by atoms with Crippen LogP contribution in [0.2, 0.25) is 0 Å². The normalized spacial score (nSPS) is 20.9. The number of aryl methyl sites for hydroxylation is 2. The molecule has 0 spiro atoms. The molecule has 0 atom stereocenters. The van der Waals surface area contributed by atoms with E-state index in [4.69, 9.17) is 4.74 Å². The van der Waals surface area contributed by atoms with Crippen LogP contribution in [0, 0.1) is 12.8 Å². The van der Waals surface area contributed by atoms with E-state index in [0.717, 1.165) is 68.7 Å². The molecule has 2 aromatic rings. The number of carbonyl (C=O) groups excluding carboxylic acids is 1. The smallest absolute Gasteiger partial charge is 0.389 e. The summed E-state index contributed by atoms with van der Waals surface area (Å²) in [5, 5.41) is 3.67. The fourth-order valence-corrected chi connectivity index (χ4v) is 5.75. The molecule has 1 saturated carbocycles. The van der Waals surface area contributed by atoms with Crippen molar-refractivity contribution in [3.05, 3.63) is 33.8 Å². The summed E-state index contributed by atoms with van der Waals surface area (Å²) in [6.45, 7) is 4.39. The van der Waals surface area contributed by atoms with Crippen molar-refractivity contribution >= 4 is 17.2 Å². The summed E-state index contributed by atoms with van der Waals surface area (Å²) < 4.78 is 42.9. The van der Waals surface area contributed by atoms with Crippen molar-refractivity contribution < 1.29 is 22.7 Å². The highest BCUT2D eigenvalue weighted by atomic mass is 32.1. The number of carbonyl (C=O) groups is 1. The summed E-state index contributed by atoms with van der Waals surface area (Å²) in [6, 6.07) is 0.180. The van der Waals surface area contributed by atoms with Crippen LogP contribution in [0.3, 0.4) is 0 Å². The second-order valence-corrected chi connectivity index (χ2v) is 10.6. The van der Waals surface area contributed by atoms with E-state index in [1.807, 2.05) is 0 Å². The van der Waals surface area contributed by atoms with Gasteiger partial charge in [0.05, 0.1) is 23.1 Å². The quantitative estimate of drug-likeness (QED) is 0.543. The maximum atomic E-state index is 12.5. The molecule has 7 nitrogen and oxygen atoms in total. The molecule has 1 fully saturated rings. The Balaban J connectivity index is 1.12. The van der Waals surface area contributed by atoms with E-state index in [9.17, 15) is 18.0 Å². The van der Waals surface area contributed by atoms with Gasteiger partial charge < -0.3 is 10.1 Å². The van der Waals surface area contributed by atoms with Crippen LogP contribution in [0.4, 0.5) is 13.2 Å². The van der Waals surface area contributed by atoms with E-state index in [2.05, 4.69) is 25.2 Å². The van der Waals surface area contributed by atoms with E-state index < -0.39 is 12.6 Å². The highest BCUT2D eigenvalue weighted by Gasteiger charge is 2.29. The Kier molecular flexibility index (Phi) is 8.59. The van der Waals surface area contributed by atoms with Crippen LogP contribution in [-0.4, -0.2) is 57.7 Å². The first-order chi connectivity index (χ1) is 16.7. The van der Waals surface area contributed by atoms with Gasteiger partial charge >= 0.3 is 6.18 Å². The molecule has 0 unspecified atom stereocenters. The molecule has 2 aromatic heterocycles. The van der Waals surface area contributed by atoms with Gasteiger partial charge in [0, 0.05) is 36.9 Å². The van der Waals surface area contributed by atoms with Gasteiger partial charge in [0.1, 0.15) is 5.82 Å². The molecule has 3 heterocycles. The Bertz CT molecular complexity index is 975. The van der Waals surface area contributed by atoms with Crippen LogP contribution in [-0.2, 0) is 24.2 Å². The average Bonchev–Trinajstić information content (AvgIpc) is 3.24. The zero-order valence-corrected chi connectivity index (χ0v) is 20.8. The lowest BCUT2D eigenvalue weighted by molar-refractivity contribution is -0.134. The number of amides is 1. The number of hydrogen-bond acceptors (Lipinski definition) is 7. The van der Waals surface area contributed by atoms with Gasteiger partial charge in [-0.15, -0.1) is 11.3 Å². The van der Waals surface area contributed by atoms with Crippen molar-refractivity contribution in [2.75, 3.05) is 19.7 Å². The van der Waals surface area contributed by atoms with Gasteiger partial charge in [-0.2, -0.15) is 13.2 Å². The Hall–Kier alpha value is -2.27. The number of hydrogen-bond donors (Lipinski definition) is 1. The summed E-state index contributed by atoms with van der Waals surface area (Å²) in [6.07, 6.45) is 4.21. The minimum absolute atomic E-state index is 0.0204. The van der Waals surface area contributed by atoms with Crippen molar-refractivity contribution in [3.63, 3.8) is 0 Å². The van der Waals surface area contributed by atoms with Crippen molar-refractivity contribution in [3.8, 4) is 5.75 Å². The Morgan fingerprint density at radius 1 is 1.23 bits per heavy atom. The van der Waals surface area contributed by atoms with Crippen LogP contribution >= 0.6 is 11.3 Å². The zero-order chi connectivity index (χ0) is 24.8. The number of ether oxygens (including phenoxy) is 1. The van der Waals surface area contributed by atoms with Crippen molar-refractivity contribution in [1.82, 2.24) is 25.2 Å². The van der Waals surface area contributed by atoms with Gasteiger partial charge in [-0.3, -0.25) is 9.69 Å². The molecule has 0 bridgehead atoms. The Labute approximate surface area is 207 Å². The summed E-state index contributed by atoms with van der Waals surface area (Å²) in [5.41, 5.74) is 0.962. The van der Waals surface area contributed by atoms with Gasteiger partial charge in [-0.1, -0.05) is 0 Å². The zero-order valence-electron chi connectivity index (χ0n) is 19.9. The molecular weight excluding hydrogens is 479 g/mol. The standard InChI is InChI=1S/C24H32F3N5O2S/c1-16-28-12-19(13-29-16)34-15-22(33)30-18-4-2-17(3-5-18)7-10-32-11-8-21-20(14-32)31-23(35-21)6-9-24(25,26)27/h12-13,17-18H,2-11,14-15H2,1H3,(H,30,33). The maximum absolute atomic E-state index is 12.5. The highest BCUT2D eigenvalue weighted by molar-refractivity contribution is 7.11. The molecule has 1 N–H and O–H groups in total. The molecule has 0 saturated heterocycles. The predicted molar refractivity (Wildman–Crippen MR) is 126 cm³/mol. The number of thiazole rings is 1. The van der Waals surface area contributed by atoms with Gasteiger partial charge in [0.25, 0.3) is 5.91 Å². The van der Waals surface area contributed by atoms with Gasteiger partial charge in [-0.05, 0) is 57.9 Å². The number of fused-ring (bicyclic) bond motifs is 1. The highest BCUT2D eigenvalue weighted by Crippen LogP contribution is 2.30. The fraction of sp³-hybridized carbons (Fsp3) is 0.667. The third kappa shape index (κ3) is 8.13. The SMILES string of the molecule is Cc1ncc(OCC(=O)NC2CCC(CCN3CCc4sc(CCC(F)(F)F)nc4C3)CC2)cn1. The number of nitrogens with one attached hydrogen (secondary N) is 1. The fourth-order valence-electron chi connectivity index (χ4n) is 4.69. The second-order valence-electron chi connectivity index (χ2n) is 9.45. The van der Waals surface area contributed by atoms with Crippen LogP contribution in [0.5, 0.6) is 5.75 Å². The van der Waals surface area contributed by atoms with Crippen LogP contribution in [0.1, 0.15) is 59.9 Å². The third-order valence-corrected chi connectivity index (χ3v) is 7.88. The topological polar surface area (TPSA) is 80.2 Å². The van der Waals surface area contributed by atoms with Gasteiger partial charge in [0.15, 0.2) is 12.4 Å². The van der Waals surface area contributed by atoms with Crippen molar-refractivity contribution in [2.45, 2.75) is 77.1 Å². The van der Waals surface area contributed by atoms with E-state index in [0.29, 0.717) is 22.5 Å². The van der Waals surface area contributed by atoms with Crippen molar-refractivity contribution in [1.29, 1.82) is 0 Å². The van der Waals surface area contributed by atoms with Crippen LogP contribution in [0.15, 0.2) is 12.4 Å². The van der Waals surface area contributed by atoms with Crippen LogP contribution < -0.4 is 10.1 Å². The average molecular weight is 512 g/mol. The molecule has 11 heteroatoms. The first-order valence-electron chi connectivity index (χ1n) is 12.2. The third-order valence-electron chi connectivity index (χ3n) is 6.67. The minimum Gasteiger partial charge on any atom is -0.481 e. The predicted octanol–water partition coefficient (Wildman–Crippen LogP) is 4.24. The summed E-state index contributed by atoms with van der Waals surface area (Å²) in [4.78, 5) is 28.3. The molecule has 1 aliphatic heterocycles. The van der Waals surface area contributed by atoms with E-state index in [1.165, 1.54) is 11.3 Å². The van der Waals surface area contributed by atoms with Crippen molar-refractivity contribution in [2.24, 2.45) is 5.92 Å². The summed E-state index contributed by atoms with van der Waals surface area (Å²) >= 11 is 1.44. The molecule has 1 amide bonds. The van der Waals surface area contributed by atoms with E-state index in [1.54, 1.807) is 19.3 Å². The molecule has 2 aliphatic rings. The monoisotopic (exact) mass is 511 g/mol. The number of nitrogens with zero attached hydrogens (tertiary/aromatic N) is 4. The molecular formula is C24H32F3N5O2S. The van der Waals surface area contributed by atoms with E-state index >= 15 is 0 Å². The first-order valence-corrected chi connectivity index (χ1v) is 13.0. The number of alkyl halides is 3. The molecule has 1 aliphatic carbocycles. The molecule has 192 valence electrons. The van der Waals surface area contributed by atoms with E-state index in [-0.39, 0.29) is 25.0 Å². The lowest BCUT2D eigenvalue weighted by Gasteiger charge is -2.32. The number of halogens is 3.